The normalized spacial score (nSPS) is 14.9. The lowest BCUT2D eigenvalue weighted by Gasteiger charge is -2.12. The van der Waals surface area contributed by atoms with Crippen LogP contribution in [0.3, 0.4) is 0 Å². The smallest absolute Gasteiger partial charge is 0.346 e. The van der Waals surface area contributed by atoms with Crippen molar-refractivity contribution in [3.05, 3.63) is 21.4 Å². The second kappa shape index (κ2) is 2.85. The fourth-order valence-corrected chi connectivity index (χ4v) is 2.32. The molecule has 0 saturated carbocycles. The zero-order valence-electron chi connectivity index (χ0n) is 6.66. The van der Waals surface area contributed by atoms with E-state index in [1.54, 1.807) is 5.38 Å². The summed E-state index contributed by atoms with van der Waals surface area (Å²) in [6, 6.07) is 0. The molecule has 1 amide bonds. The Kier molecular flexibility index (Phi) is 1.81. The van der Waals surface area contributed by atoms with Gasteiger partial charge in [-0.25, -0.2) is 4.79 Å². The van der Waals surface area contributed by atoms with Crippen molar-refractivity contribution in [1.29, 1.82) is 0 Å². The fraction of sp³-hybridized carbons (Fsp3) is 0.250. The average Bonchev–Trinajstić information content (AvgIpc) is 2.49. The number of fused-ring (bicyclic) bond motifs is 1. The van der Waals surface area contributed by atoms with E-state index in [9.17, 15) is 9.59 Å². The van der Waals surface area contributed by atoms with Gasteiger partial charge in [0.15, 0.2) is 0 Å². The Morgan fingerprint density at radius 2 is 2.38 bits per heavy atom. The summed E-state index contributed by atoms with van der Waals surface area (Å²) in [6.07, 6.45) is 0.727. The van der Waals surface area contributed by atoms with Crippen molar-refractivity contribution in [1.82, 2.24) is 5.32 Å². The quantitative estimate of drug-likeness (QED) is 0.697. The highest BCUT2D eigenvalue weighted by Gasteiger charge is 2.25. The van der Waals surface area contributed by atoms with Crippen molar-refractivity contribution in [2.45, 2.75) is 6.42 Å². The molecule has 13 heavy (non-hydrogen) atoms. The summed E-state index contributed by atoms with van der Waals surface area (Å²) in [5, 5.41) is 13.1. The summed E-state index contributed by atoms with van der Waals surface area (Å²) in [5.74, 6) is -1.29. The van der Waals surface area contributed by atoms with Crippen LogP contribution in [0.1, 0.15) is 25.6 Å². The highest BCUT2D eigenvalue weighted by Crippen LogP contribution is 2.25. The van der Waals surface area contributed by atoms with Gasteiger partial charge >= 0.3 is 5.97 Å². The molecule has 0 radical (unpaired) electrons. The summed E-state index contributed by atoms with van der Waals surface area (Å²) in [6.45, 7) is 0.599. The minimum atomic E-state index is -1.02. The molecular weight excluding hydrogens is 190 g/mol. The lowest BCUT2D eigenvalue weighted by atomic mass is 10.0. The van der Waals surface area contributed by atoms with Gasteiger partial charge in [0, 0.05) is 6.54 Å². The minimum Gasteiger partial charge on any atom is -0.477 e. The molecule has 0 spiro atoms. The van der Waals surface area contributed by atoms with Gasteiger partial charge in [0.05, 0.1) is 5.56 Å². The fourth-order valence-electron chi connectivity index (χ4n) is 1.38. The Balaban J connectivity index is 2.56. The van der Waals surface area contributed by atoms with Crippen LogP contribution in [-0.2, 0) is 6.42 Å². The molecule has 0 unspecified atom stereocenters. The third-order valence-corrected chi connectivity index (χ3v) is 2.99. The molecule has 2 rings (SSSR count). The molecule has 1 aliphatic rings. The largest absolute Gasteiger partial charge is 0.477 e. The summed E-state index contributed by atoms with van der Waals surface area (Å²) in [4.78, 5) is 22.2. The van der Waals surface area contributed by atoms with E-state index < -0.39 is 5.97 Å². The molecule has 1 aliphatic heterocycles. The third kappa shape index (κ3) is 1.21. The van der Waals surface area contributed by atoms with Crippen LogP contribution in [0.15, 0.2) is 5.38 Å². The van der Waals surface area contributed by atoms with Gasteiger partial charge in [0.2, 0.25) is 0 Å². The minimum absolute atomic E-state index is 0.146. The van der Waals surface area contributed by atoms with E-state index in [1.807, 2.05) is 0 Å². The molecule has 2 N–H and O–H groups in total. The number of carboxylic acids is 1. The van der Waals surface area contributed by atoms with Gasteiger partial charge in [-0.2, -0.15) is 0 Å². The van der Waals surface area contributed by atoms with Gasteiger partial charge < -0.3 is 10.4 Å². The molecule has 0 saturated heterocycles. The zero-order valence-corrected chi connectivity index (χ0v) is 7.48. The Bertz CT molecular complexity index is 383. The number of carbonyl (C=O) groups excluding carboxylic acids is 1. The van der Waals surface area contributed by atoms with E-state index in [0.29, 0.717) is 12.1 Å². The van der Waals surface area contributed by atoms with Crippen LogP contribution in [0.25, 0.3) is 0 Å². The van der Waals surface area contributed by atoms with Crippen molar-refractivity contribution in [3.63, 3.8) is 0 Å². The number of rotatable bonds is 1. The number of carbonyl (C=O) groups is 2. The molecule has 0 aromatic carbocycles. The van der Waals surface area contributed by atoms with Gasteiger partial charge in [-0.15, -0.1) is 11.3 Å². The predicted octanol–water partition coefficient (Wildman–Crippen LogP) is 0.732. The first-order valence-electron chi connectivity index (χ1n) is 3.82. The molecule has 4 nitrogen and oxygen atoms in total. The maximum atomic E-state index is 11.3. The zero-order chi connectivity index (χ0) is 9.42. The summed E-state index contributed by atoms with van der Waals surface area (Å²) in [7, 11) is 0. The number of thiophene rings is 1. The monoisotopic (exact) mass is 197 g/mol. The Morgan fingerprint density at radius 3 is 3.08 bits per heavy atom. The molecule has 1 aromatic heterocycles. The molecule has 68 valence electrons. The van der Waals surface area contributed by atoms with Crippen molar-refractivity contribution in [2.75, 3.05) is 6.54 Å². The summed E-state index contributed by atoms with van der Waals surface area (Å²) in [5.41, 5.74) is 1.20. The SMILES string of the molecule is O=C(O)c1scc2c1C(=O)NCC2. The van der Waals surface area contributed by atoms with Crippen LogP contribution in [0, 0.1) is 0 Å². The Labute approximate surface area is 78.2 Å². The van der Waals surface area contributed by atoms with E-state index in [2.05, 4.69) is 5.32 Å². The summed E-state index contributed by atoms with van der Waals surface area (Å²) >= 11 is 1.12. The molecular formula is C8H7NO3S. The Hall–Kier alpha value is -1.36. The first kappa shape index (κ1) is 8.25. The topological polar surface area (TPSA) is 66.4 Å². The molecule has 0 bridgehead atoms. The van der Waals surface area contributed by atoms with Crippen molar-refractivity contribution in [2.24, 2.45) is 0 Å². The van der Waals surface area contributed by atoms with E-state index in [1.165, 1.54) is 0 Å². The lowest BCUT2D eigenvalue weighted by Crippen LogP contribution is -2.32. The molecule has 1 aromatic rings. The van der Waals surface area contributed by atoms with Gasteiger partial charge in [-0.1, -0.05) is 0 Å². The number of hydrogen-bond acceptors (Lipinski definition) is 3. The second-order valence-corrected chi connectivity index (χ2v) is 3.66. The van der Waals surface area contributed by atoms with E-state index in [0.717, 1.165) is 23.3 Å². The van der Waals surface area contributed by atoms with Crippen molar-refractivity contribution >= 4 is 23.2 Å². The molecule has 5 heteroatoms. The maximum absolute atomic E-state index is 11.3. The number of amides is 1. The average molecular weight is 197 g/mol. The standard InChI is InChI=1S/C8H7NO3S/c10-7-5-4(1-2-9-7)3-13-6(5)8(11)12/h3H,1-2H2,(H,9,10)(H,11,12). The van der Waals surface area contributed by atoms with Crippen LogP contribution in [-0.4, -0.2) is 23.5 Å². The first-order chi connectivity index (χ1) is 6.20. The molecule has 0 atom stereocenters. The van der Waals surface area contributed by atoms with Crippen molar-refractivity contribution < 1.29 is 14.7 Å². The van der Waals surface area contributed by atoms with Crippen LogP contribution in [0.4, 0.5) is 0 Å². The number of nitrogens with one attached hydrogen (secondary N) is 1. The molecule has 0 aliphatic carbocycles. The molecule has 0 fully saturated rings. The van der Waals surface area contributed by atoms with Crippen LogP contribution in [0.2, 0.25) is 0 Å². The van der Waals surface area contributed by atoms with Crippen molar-refractivity contribution in [3.8, 4) is 0 Å². The van der Waals surface area contributed by atoms with Gasteiger partial charge in [-0.3, -0.25) is 4.79 Å². The van der Waals surface area contributed by atoms with Gasteiger partial charge in [-0.05, 0) is 17.4 Å². The highest BCUT2D eigenvalue weighted by molar-refractivity contribution is 7.12. The Morgan fingerprint density at radius 1 is 1.62 bits per heavy atom. The number of carboxylic acid groups (broad SMARTS) is 1. The molecule has 2 heterocycles. The van der Waals surface area contributed by atoms with Crippen LogP contribution >= 0.6 is 11.3 Å². The van der Waals surface area contributed by atoms with Crippen LogP contribution < -0.4 is 5.32 Å². The maximum Gasteiger partial charge on any atom is 0.346 e. The summed E-state index contributed by atoms with van der Waals surface area (Å²) < 4.78 is 0. The van der Waals surface area contributed by atoms with Gasteiger partial charge in [0.1, 0.15) is 4.88 Å². The van der Waals surface area contributed by atoms with Gasteiger partial charge in [0.25, 0.3) is 5.91 Å². The number of hydrogen-bond donors (Lipinski definition) is 2. The lowest BCUT2D eigenvalue weighted by molar-refractivity contribution is 0.0696. The highest BCUT2D eigenvalue weighted by atomic mass is 32.1. The van der Waals surface area contributed by atoms with E-state index in [-0.39, 0.29) is 10.8 Å². The van der Waals surface area contributed by atoms with Crippen LogP contribution in [0.5, 0.6) is 0 Å². The number of aromatic carboxylic acids is 1. The predicted molar refractivity (Wildman–Crippen MR) is 47.3 cm³/mol. The third-order valence-electron chi connectivity index (χ3n) is 1.97. The first-order valence-corrected chi connectivity index (χ1v) is 4.70. The second-order valence-electron chi connectivity index (χ2n) is 2.78. The van der Waals surface area contributed by atoms with E-state index >= 15 is 0 Å². The van der Waals surface area contributed by atoms with E-state index in [4.69, 9.17) is 5.11 Å².